The third kappa shape index (κ3) is 5.30. The number of likely N-dealkylation sites (N-methyl/N-ethyl adjacent to an activating group) is 1. The van der Waals surface area contributed by atoms with E-state index in [0.717, 1.165) is 32.7 Å². The van der Waals surface area contributed by atoms with E-state index in [-0.39, 0.29) is 18.3 Å². The molecule has 1 aromatic carbocycles. The summed E-state index contributed by atoms with van der Waals surface area (Å²) in [4.78, 5) is 16.2. The molecule has 1 heterocycles. The fourth-order valence-electron chi connectivity index (χ4n) is 2.51. The number of halogens is 1. The van der Waals surface area contributed by atoms with Crippen molar-refractivity contribution in [2.45, 2.75) is 20.4 Å². The van der Waals surface area contributed by atoms with Crippen molar-refractivity contribution >= 4 is 18.3 Å². The van der Waals surface area contributed by atoms with E-state index in [0.29, 0.717) is 6.54 Å². The van der Waals surface area contributed by atoms with Crippen LogP contribution in [0.25, 0.3) is 0 Å². The van der Waals surface area contributed by atoms with Crippen molar-refractivity contribution in [1.82, 2.24) is 15.1 Å². The van der Waals surface area contributed by atoms with E-state index in [9.17, 15) is 4.79 Å². The van der Waals surface area contributed by atoms with E-state index in [2.05, 4.69) is 42.3 Å². The van der Waals surface area contributed by atoms with Gasteiger partial charge in [0.25, 0.3) is 0 Å². The molecule has 1 saturated heterocycles. The minimum absolute atomic E-state index is 0. The van der Waals surface area contributed by atoms with Crippen LogP contribution >= 0.6 is 12.4 Å². The summed E-state index contributed by atoms with van der Waals surface area (Å²) in [5, 5.41) is 3.27. The highest BCUT2D eigenvalue weighted by atomic mass is 35.5. The van der Waals surface area contributed by atoms with Crippen molar-refractivity contribution in [3.8, 4) is 0 Å². The molecule has 1 aromatic rings. The molecule has 0 unspecified atom stereocenters. The monoisotopic (exact) mass is 311 g/mol. The van der Waals surface area contributed by atoms with E-state index in [1.165, 1.54) is 16.7 Å². The van der Waals surface area contributed by atoms with E-state index < -0.39 is 0 Å². The Bertz CT molecular complexity index is 473. The van der Waals surface area contributed by atoms with Gasteiger partial charge in [0.05, 0.1) is 6.54 Å². The van der Waals surface area contributed by atoms with Crippen LogP contribution in [-0.4, -0.2) is 55.5 Å². The maximum absolute atomic E-state index is 12.2. The van der Waals surface area contributed by atoms with Crippen molar-refractivity contribution in [2.75, 3.05) is 39.8 Å². The third-order valence-corrected chi connectivity index (χ3v) is 3.90. The molecule has 1 fully saturated rings. The molecule has 1 aliphatic rings. The molecule has 0 spiro atoms. The zero-order valence-electron chi connectivity index (χ0n) is 13.2. The molecular formula is C16H26ClN3O. The number of rotatable bonds is 4. The lowest BCUT2D eigenvalue weighted by molar-refractivity contribution is -0.132. The molecule has 1 N–H and O–H groups in total. The van der Waals surface area contributed by atoms with Gasteiger partial charge < -0.3 is 10.2 Å². The van der Waals surface area contributed by atoms with Gasteiger partial charge in [0.15, 0.2) is 0 Å². The molecule has 0 saturated carbocycles. The van der Waals surface area contributed by atoms with Crippen LogP contribution in [0.3, 0.4) is 0 Å². The van der Waals surface area contributed by atoms with Gasteiger partial charge in [0, 0.05) is 32.7 Å². The van der Waals surface area contributed by atoms with Gasteiger partial charge in [-0.05, 0) is 37.6 Å². The molecular weight excluding hydrogens is 286 g/mol. The summed E-state index contributed by atoms with van der Waals surface area (Å²) in [5.74, 6) is 0.234. The zero-order valence-corrected chi connectivity index (χ0v) is 14.0. The van der Waals surface area contributed by atoms with Crippen LogP contribution in [0.1, 0.15) is 16.7 Å². The third-order valence-electron chi connectivity index (χ3n) is 3.90. The van der Waals surface area contributed by atoms with Crippen LogP contribution in [0.4, 0.5) is 0 Å². The molecule has 2 rings (SSSR count). The van der Waals surface area contributed by atoms with Gasteiger partial charge in [-0.2, -0.15) is 0 Å². The summed E-state index contributed by atoms with van der Waals surface area (Å²) < 4.78 is 0. The molecule has 0 aliphatic carbocycles. The highest BCUT2D eigenvalue weighted by Gasteiger charge is 2.17. The second kappa shape index (κ2) is 8.37. The van der Waals surface area contributed by atoms with Crippen molar-refractivity contribution in [1.29, 1.82) is 0 Å². The first-order valence-corrected chi connectivity index (χ1v) is 7.29. The molecule has 1 aliphatic heterocycles. The largest absolute Gasteiger partial charge is 0.339 e. The Balaban J connectivity index is 0.00000220. The number of hydrogen-bond acceptors (Lipinski definition) is 3. The Morgan fingerprint density at radius 2 is 1.90 bits per heavy atom. The SMILES string of the molecule is Cc1ccc(CN(C)CC(=O)N2CCNCC2)cc1C.Cl. The normalized spacial score (nSPS) is 15.0. The topological polar surface area (TPSA) is 35.6 Å². The number of amides is 1. The molecule has 1 amide bonds. The Morgan fingerprint density at radius 1 is 1.24 bits per heavy atom. The van der Waals surface area contributed by atoms with Crippen molar-refractivity contribution in [3.63, 3.8) is 0 Å². The van der Waals surface area contributed by atoms with E-state index in [1.54, 1.807) is 0 Å². The highest BCUT2D eigenvalue weighted by Crippen LogP contribution is 2.11. The Hall–Kier alpha value is -1.10. The van der Waals surface area contributed by atoms with Gasteiger partial charge in [-0.3, -0.25) is 9.69 Å². The molecule has 5 heteroatoms. The number of carbonyl (C=O) groups is 1. The predicted octanol–water partition coefficient (Wildman–Crippen LogP) is 1.59. The smallest absolute Gasteiger partial charge is 0.236 e. The standard InChI is InChI=1S/C16H25N3O.ClH/c1-13-4-5-15(10-14(13)2)11-18(3)12-16(20)19-8-6-17-7-9-19;/h4-5,10,17H,6-9,11-12H2,1-3H3;1H. The average molecular weight is 312 g/mol. The van der Waals surface area contributed by atoms with Crippen LogP contribution < -0.4 is 5.32 Å². The number of hydrogen-bond donors (Lipinski definition) is 1. The summed E-state index contributed by atoms with van der Waals surface area (Å²) in [6.07, 6.45) is 0. The summed E-state index contributed by atoms with van der Waals surface area (Å²) in [7, 11) is 2.01. The minimum atomic E-state index is 0. The molecule has 118 valence electrons. The number of benzene rings is 1. The lowest BCUT2D eigenvalue weighted by atomic mass is 10.1. The maximum Gasteiger partial charge on any atom is 0.236 e. The number of nitrogens with zero attached hydrogens (tertiary/aromatic N) is 2. The first-order chi connectivity index (χ1) is 9.56. The van der Waals surface area contributed by atoms with Crippen molar-refractivity contribution < 1.29 is 4.79 Å². The number of carbonyl (C=O) groups excluding carboxylic acids is 1. The van der Waals surface area contributed by atoms with Gasteiger partial charge >= 0.3 is 0 Å². The summed E-state index contributed by atoms with van der Waals surface area (Å²) in [6, 6.07) is 6.51. The Labute approximate surface area is 133 Å². The van der Waals surface area contributed by atoms with Gasteiger partial charge in [0.1, 0.15) is 0 Å². The maximum atomic E-state index is 12.2. The predicted molar refractivity (Wildman–Crippen MR) is 88.9 cm³/mol. The summed E-state index contributed by atoms with van der Waals surface area (Å²) >= 11 is 0. The second-order valence-corrected chi connectivity index (χ2v) is 5.72. The minimum Gasteiger partial charge on any atom is -0.339 e. The van der Waals surface area contributed by atoms with Crippen LogP contribution in [0, 0.1) is 13.8 Å². The Kier molecular flexibility index (Phi) is 7.15. The van der Waals surface area contributed by atoms with Crippen LogP contribution in [0.15, 0.2) is 18.2 Å². The van der Waals surface area contributed by atoms with Gasteiger partial charge in [-0.15, -0.1) is 12.4 Å². The first kappa shape index (κ1) is 18.0. The summed E-state index contributed by atoms with van der Waals surface area (Å²) in [6.45, 7) is 9.04. The van der Waals surface area contributed by atoms with Crippen LogP contribution in [0.5, 0.6) is 0 Å². The second-order valence-electron chi connectivity index (χ2n) is 5.72. The first-order valence-electron chi connectivity index (χ1n) is 7.29. The lowest BCUT2D eigenvalue weighted by Crippen LogP contribution is -2.49. The number of nitrogens with one attached hydrogen (secondary N) is 1. The molecule has 21 heavy (non-hydrogen) atoms. The average Bonchev–Trinajstić information content (AvgIpc) is 2.44. The van der Waals surface area contributed by atoms with Crippen LogP contribution in [0.2, 0.25) is 0 Å². The number of piperazine rings is 1. The highest BCUT2D eigenvalue weighted by molar-refractivity contribution is 5.85. The fourth-order valence-corrected chi connectivity index (χ4v) is 2.51. The van der Waals surface area contributed by atoms with Crippen molar-refractivity contribution in [2.24, 2.45) is 0 Å². The van der Waals surface area contributed by atoms with Gasteiger partial charge in [0.2, 0.25) is 5.91 Å². The van der Waals surface area contributed by atoms with E-state index in [1.807, 2.05) is 11.9 Å². The molecule has 4 nitrogen and oxygen atoms in total. The zero-order chi connectivity index (χ0) is 14.5. The van der Waals surface area contributed by atoms with Crippen molar-refractivity contribution in [3.05, 3.63) is 34.9 Å². The van der Waals surface area contributed by atoms with Crippen LogP contribution in [-0.2, 0) is 11.3 Å². The Morgan fingerprint density at radius 3 is 2.52 bits per heavy atom. The summed E-state index contributed by atoms with van der Waals surface area (Å²) in [5.41, 5.74) is 3.89. The molecule has 0 bridgehead atoms. The van der Waals surface area contributed by atoms with E-state index >= 15 is 0 Å². The molecule has 0 atom stereocenters. The lowest BCUT2D eigenvalue weighted by Gasteiger charge is -2.29. The molecule has 0 aromatic heterocycles. The van der Waals surface area contributed by atoms with Gasteiger partial charge in [-0.1, -0.05) is 18.2 Å². The quantitative estimate of drug-likeness (QED) is 0.917. The van der Waals surface area contributed by atoms with Gasteiger partial charge in [-0.25, -0.2) is 0 Å². The molecule has 0 radical (unpaired) electrons. The fraction of sp³-hybridized carbons (Fsp3) is 0.562. The number of aryl methyl sites for hydroxylation is 2. The van der Waals surface area contributed by atoms with E-state index in [4.69, 9.17) is 0 Å².